The second kappa shape index (κ2) is 6.87. The van der Waals surface area contributed by atoms with E-state index in [1.807, 2.05) is 0 Å². The summed E-state index contributed by atoms with van der Waals surface area (Å²) < 4.78 is 11.1. The van der Waals surface area contributed by atoms with Crippen molar-refractivity contribution in [2.75, 3.05) is 26.8 Å². The predicted molar refractivity (Wildman–Crippen MR) is 77.6 cm³/mol. The standard InChI is InChI=1S/C15H28N2O3/c1-15(2)12(10-13(15)19-3)17-14(18)6-9-20-11-4-7-16-8-5-11/h11-13,16H,4-10H2,1-3H3,(H,17,18). The van der Waals surface area contributed by atoms with Crippen LogP contribution < -0.4 is 10.6 Å². The molecular formula is C15H28N2O3. The van der Waals surface area contributed by atoms with E-state index in [1.165, 1.54) is 0 Å². The van der Waals surface area contributed by atoms with Crippen LogP contribution in [0.15, 0.2) is 0 Å². The molecule has 5 nitrogen and oxygen atoms in total. The van der Waals surface area contributed by atoms with E-state index in [-0.39, 0.29) is 23.5 Å². The van der Waals surface area contributed by atoms with Gasteiger partial charge >= 0.3 is 0 Å². The van der Waals surface area contributed by atoms with E-state index in [0.29, 0.717) is 19.1 Å². The lowest BCUT2D eigenvalue weighted by atomic mass is 9.64. The van der Waals surface area contributed by atoms with Gasteiger partial charge in [-0.15, -0.1) is 0 Å². The molecule has 0 spiro atoms. The third-order valence-corrected chi connectivity index (χ3v) is 4.77. The molecule has 1 aliphatic heterocycles. The highest BCUT2D eigenvalue weighted by Gasteiger charge is 2.49. The highest BCUT2D eigenvalue weighted by Crippen LogP contribution is 2.42. The van der Waals surface area contributed by atoms with E-state index in [0.717, 1.165) is 32.4 Å². The Morgan fingerprint density at radius 1 is 1.35 bits per heavy atom. The molecule has 1 saturated heterocycles. The molecule has 0 aromatic rings. The van der Waals surface area contributed by atoms with Crippen LogP contribution in [0.3, 0.4) is 0 Å². The number of hydrogen-bond acceptors (Lipinski definition) is 4. The third kappa shape index (κ3) is 3.71. The highest BCUT2D eigenvalue weighted by molar-refractivity contribution is 5.76. The van der Waals surface area contributed by atoms with Crippen LogP contribution in [0.25, 0.3) is 0 Å². The molecule has 1 amide bonds. The zero-order chi connectivity index (χ0) is 14.6. The summed E-state index contributed by atoms with van der Waals surface area (Å²) in [6.45, 7) is 6.84. The van der Waals surface area contributed by atoms with Gasteiger partial charge in [-0.1, -0.05) is 13.8 Å². The van der Waals surface area contributed by atoms with Crippen LogP contribution in [-0.2, 0) is 14.3 Å². The molecule has 2 N–H and O–H groups in total. The normalized spacial score (nSPS) is 29.8. The zero-order valence-corrected chi connectivity index (χ0v) is 12.9. The smallest absolute Gasteiger partial charge is 0.222 e. The van der Waals surface area contributed by atoms with Gasteiger partial charge in [-0.2, -0.15) is 0 Å². The maximum atomic E-state index is 11.9. The first-order chi connectivity index (χ1) is 9.54. The van der Waals surface area contributed by atoms with Crippen molar-refractivity contribution < 1.29 is 14.3 Å². The van der Waals surface area contributed by atoms with Gasteiger partial charge in [0, 0.05) is 25.0 Å². The number of carbonyl (C=O) groups excluding carboxylic acids is 1. The first-order valence-electron chi connectivity index (χ1n) is 7.68. The van der Waals surface area contributed by atoms with Gasteiger partial charge in [-0.3, -0.25) is 4.79 Å². The van der Waals surface area contributed by atoms with Crippen LogP contribution in [0.1, 0.15) is 39.5 Å². The minimum Gasteiger partial charge on any atom is -0.381 e. The van der Waals surface area contributed by atoms with Crippen LogP contribution >= 0.6 is 0 Å². The van der Waals surface area contributed by atoms with Crippen molar-refractivity contribution in [3.63, 3.8) is 0 Å². The van der Waals surface area contributed by atoms with Crippen molar-refractivity contribution in [2.24, 2.45) is 5.41 Å². The van der Waals surface area contributed by atoms with Crippen molar-refractivity contribution in [1.29, 1.82) is 0 Å². The Bertz CT molecular complexity index is 327. The van der Waals surface area contributed by atoms with Gasteiger partial charge in [-0.25, -0.2) is 0 Å². The molecule has 0 aromatic carbocycles. The zero-order valence-electron chi connectivity index (χ0n) is 12.9. The summed E-state index contributed by atoms with van der Waals surface area (Å²) in [5.41, 5.74) is 0.0281. The van der Waals surface area contributed by atoms with E-state index >= 15 is 0 Å². The van der Waals surface area contributed by atoms with Crippen LogP contribution in [-0.4, -0.2) is 51.0 Å². The monoisotopic (exact) mass is 284 g/mol. The van der Waals surface area contributed by atoms with E-state index < -0.39 is 0 Å². The molecule has 1 heterocycles. The van der Waals surface area contributed by atoms with Crippen LogP contribution in [0, 0.1) is 5.41 Å². The Morgan fingerprint density at radius 2 is 2.05 bits per heavy atom. The quantitative estimate of drug-likeness (QED) is 0.766. The summed E-state index contributed by atoms with van der Waals surface area (Å²) in [4.78, 5) is 11.9. The third-order valence-electron chi connectivity index (χ3n) is 4.77. The lowest BCUT2D eigenvalue weighted by molar-refractivity contribution is -0.134. The molecule has 0 bridgehead atoms. The van der Waals surface area contributed by atoms with Gasteiger partial charge in [0.25, 0.3) is 0 Å². The van der Waals surface area contributed by atoms with Crippen molar-refractivity contribution in [2.45, 2.75) is 57.8 Å². The number of rotatable bonds is 6. The van der Waals surface area contributed by atoms with Crippen LogP contribution in [0.5, 0.6) is 0 Å². The number of nitrogens with one attached hydrogen (secondary N) is 2. The Kier molecular flexibility index (Phi) is 5.41. The number of hydrogen-bond donors (Lipinski definition) is 2. The SMILES string of the molecule is COC1CC(NC(=O)CCOC2CCNCC2)C1(C)C. The van der Waals surface area contributed by atoms with Crippen molar-refractivity contribution in [3.8, 4) is 0 Å². The molecule has 2 rings (SSSR count). The van der Waals surface area contributed by atoms with Crippen LogP contribution in [0.4, 0.5) is 0 Å². The number of amides is 1. The summed E-state index contributed by atoms with van der Waals surface area (Å²) in [6.07, 6.45) is 4.03. The van der Waals surface area contributed by atoms with Crippen molar-refractivity contribution in [3.05, 3.63) is 0 Å². The first kappa shape index (κ1) is 15.7. The molecule has 0 radical (unpaired) electrons. The minimum absolute atomic E-state index is 0.0281. The number of ether oxygens (including phenoxy) is 2. The first-order valence-corrected chi connectivity index (χ1v) is 7.68. The topological polar surface area (TPSA) is 59.6 Å². The molecule has 2 unspecified atom stereocenters. The van der Waals surface area contributed by atoms with Crippen LogP contribution in [0.2, 0.25) is 0 Å². The summed E-state index contributed by atoms with van der Waals surface area (Å²) in [5.74, 6) is 0.0894. The molecule has 5 heteroatoms. The second-order valence-corrected chi connectivity index (χ2v) is 6.47. The van der Waals surface area contributed by atoms with Crippen molar-refractivity contribution >= 4 is 5.91 Å². The fourth-order valence-electron chi connectivity index (χ4n) is 3.08. The van der Waals surface area contributed by atoms with Gasteiger partial charge in [0.1, 0.15) is 0 Å². The Hall–Kier alpha value is -0.650. The maximum absolute atomic E-state index is 11.9. The van der Waals surface area contributed by atoms with Crippen molar-refractivity contribution in [1.82, 2.24) is 10.6 Å². The fourth-order valence-corrected chi connectivity index (χ4v) is 3.08. The summed E-state index contributed by atoms with van der Waals surface area (Å²) >= 11 is 0. The highest BCUT2D eigenvalue weighted by atomic mass is 16.5. The lowest BCUT2D eigenvalue weighted by Crippen LogP contribution is -2.61. The average Bonchev–Trinajstić information content (AvgIpc) is 2.44. The molecule has 2 atom stereocenters. The summed E-state index contributed by atoms with van der Waals surface area (Å²) in [7, 11) is 1.73. The predicted octanol–water partition coefficient (Wildman–Crippen LogP) is 1.07. The Morgan fingerprint density at radius 3 is 2.65 bits per heavy atom. The molecular weight excluding hydrogens is 256 g/mol. The number of piperidine rings is 1. The minimum atomic E-state index is 0.0281. The molecule has 2 fully saturated rings. The molecule has 116 valence electrons. The molecule has 2 aliphatic rings. The Labute approximate surface area is 121 Å². The lowest BCUT2D eigenvalue weighted by Gasteiger charge is -2.51. The van der Waals surface area contributed by atoms with E-state index in [9.17, 15) is 4.79 Å². The van der Waals surface area contributed by atoms with Gasteiger partial charge in [0.2, 0.25) is 5.91 Å². The van der Waals surface area contributed by atoms with E-state index in [2.05, 4.69) is 24.5 Å². The van der Waals surface area contributed by atoms with Gasteiger partial charge in [-0.05, 0) is 32.4 Å². The molecule has 0 aromatic heterocycles. The van der Waals surface area contributed by atoms with Gasteiger partial charge in [0.05, 0.1) is 18.8 Å². The largest absolute Gasteiger partial charge is 0.381 e. The average molecular weight is 284 g/mol. The van der Waals surface area contributed by atoms with E-state index in [1.54, 1.807) is 7.11 Å². The van der Waals surface area contributed by atoms with Gasteiger partial charge < -0.3 is 20.1 Å². The molecule has 1 saturated carbocycles. The van der Waals surface area contributed by atoms with E-state index in [4.69, 9.17) is 9.47 Å². The molecule has 1 aliphatic carbocycles. The Balaban J connectivity index is 1.61. The summed E-state index contributed by atoms with van der Waals surface area (Å²) in [6, 6.07) is 0.221. The molecule has 20 heavy (non-hydrogen) atoms. The number of methoxy groups -OCH3 is 1. The van der Waals surface area contributed by atoms with Gasteiger partial charge in [0.15, 0.2) is 0 Å². The maximum Gasteiger partial charge on any atom is 0.222 e. The second-order valence-electron chi connectivity index (χ2n) is 6.47. The fraction of sp³-hybridized carbons (Fsp3) is 0.933. The number of carbonyl (C=O) groups is 1. The summed E-state index contributed by atoms with van der Waals surface area (Å²) in [5, 5.41) is 6.40.